The minimum absolute atomic E-state index is 0.211. The second kappa shape index (κ2) is 9.01. The second-order valence-corrected chi connectivity index (χ2v) is 8.63. The van der Waals surface area contributed by atoms with Crippen molar-refractivity contribution in [2.75, 3.05) is 13.1 Å². The fraction of sp³-hybridized carbons (Fsp3) is 0.308. The van der Waals surface area contributed by atoms with Gasteiger partial charge in [-0.1, -0.05) is 47.7 Å². The van der Waals surface area contributed by atoms with Crippen LogP contribution in [0.15, 0.2) is 66.9 Å². The van der Waals surface area contributed by atoms with Crippen LogP contribution in [0.3, 0.4) is 0 Å². The lowest BCUT2D eigenvalue weighted by atomic mass is 9.88. The van der Waals surface area contributed by atoms with Crippen LogP contribution in [0.4, 0.5) is 0 Å². The van der Waals surface area contributed by atoms with E-state index in [-0.39, 0.29) is 5.78 Å². The van der Waals surface area contributed by atoms with Crippen molar-refractivity contribution in [1.29, 1.82) is 0 Å². The molecule has 0 spiro atoms. The van der Waals surface area contributed by atoms with E-state index in [1.807, 2.05) is 37.3 Å². The van der Waals surface area contributed by atoms with Crippen LogP contribution in [-0.2, 0) is 6.54 Å². The number of Topliss-reactive ketones (excluding diaryl/α,β-unsaturated/α-hetero) is 1. The number of carbonyl (C=O) groups is 1. The highest BCUT2D eigenvalue weighted by Gasteiger charge is 2.23. The Morgan fingerprint density at radius 2 is 1.81 bits per heavy atom. The molecule has 6 nitrogen and oxygen atoms in total. The van der Waals surface area contributed by atoms with Gasteiger partial charge >= 0.3 is 0 Å². The van der Waals surface area contributed by atoms with Gasteiger partial charge in [-0.25, -0.2) is 4.98 Å². The lowest BCUT2D eigenvalue weighted by Crippen LogP contribution is -2.34. The highest BCUT2D eigenvalue weighted by Crippen LogP contribution is 2.26. The molecule has 1 aliphatic heterocycles. The molecule has 0 bridgehead atoms. The Balaban J connectivity index is 1.26. The molecule has 1 aliphatic rings. The summed E-state index contributed by atoms with van der Waals surface area (Å²) in [5, 5.41) is 8.47. The van der Waals surface area contributed by atoms with Crippen LogP contribution in [0.25, 0.3) is 16.9 Å². The zero-order valence-electron chi connectivity index (χ0n) is 18.3. The van der Waals surface area contributed by atoms with Crippen molar-refractivity contribution in [3.63, 3.8) is 0 Å². The summed E-state index contributed by atoms with van der Waals surface area (Å²) in [4.78, 5) is 20.1. The van der Waals surface area contributed by atoms with Crippen molar-refractivity contribution in [1.82, 2.24) is 24.9 Å². The van der Waals surface area contributed by atoms with Gasteiger partial charge in [0.25, 0.3) is 0 Å². The Bertz CT molecular complexity index is 1230. The van der Waals surface area contributed by atoms with Crippen molar-refractivity contribution in [2.45, 2.75) is 32.7 Å². The van der Waals surface area contributed by atoms with E-state index in [9.17, 15) is 4.79 Å². The van der Waals surface area contributed by atoms with Gasteiger partial charge in [0.1, 0.15) is 5.52 Å². The van der Waals surface area contributed by atoms with E-state index in [4.69, 9.17) is 0 Å². The van der Waals surface area contributed by atoms with Crippen LogP contribution in [0.5, 0.6) is 0 Å². The van der Waals surface area contributed by atoms with Gasteiger partial charge in [-0.05, 0) is 68.1 Å². The summed E-state index contributed by atoms with van der Waals surface area (Å²) in [5.74, 6) is 0.648. The van der Waals surface area contributed by atoms with Gasteiger partial charge in [-0.2, -0.15) is 4.68 Å². The predicted octanol–water partition coefficient (Wildman–Crippen LogP) is 4.61. The van der Waals surface area contributed by atoms with Gasteiger partial charge < -0.3 is 0 Å². The molecule has 0 unspecified atom stereocenters. The summed E-state index contributed by atoms with van der Waals surface area (Å²) in [7, 11) is 0. The number of likely N-dealkylation sites (tertiary alicyclic amines) is 1. The zero-order chi connectivity index (χ0) is 21.9. The lowest BCUT2D eigenvalue weighted by molar-refractivity contribution is 0.0924. The van der Waals surface area contributed by atoms with Crippen LogP contribution in [0, 0.1) is 12.8 Å². The number of rotatable bonds is 6. The number of hydrogen-bond donors (Lipinski definition) is 0. The summed E-state index contributed by atoms with van der Waals surface area (Å²) in [6.45, 7) is 5.06. The van der Waals surface area contributed by atoms with Gasteiger partial charge in [0, 0.05) is 24.7 Å². The van der Waals surface area contributed by atoms with Crippen LogP contribution in [-0.4, -0.2) is 43.8 Å². The first-order valence-electron chi connectivity index (χ1n) is 11.2. The molecule has 0 radical (unpaired) electrons. The molecule has 1 saturated heterocycles. The van der Waals surface area contributed by atoms with E-state index >= 15 is 0 Å². The molecule has 0 N–H and O–H groups in total. The maximum atomic E-state index is 13.2. The largest absolute Gasteiger partial charge is 0.299 e. The van der Waals surface area contributed by atoms with Crippen molar-refractivity contribution in [3.8, 4) is 5.69 Å². The number of fused-ring (bicyclic) bond motifs is 1. The maximum Gasteiger partial charge on any atom is 0.183 e. The minimum atomic E-state index is 0.211. The van der Waals surface area contributed by atoms with E-state index in [0.29, 0.717) is 18.0 Å². The molecule has 162 valence electrons. The van der Waals surface area contributed by atoms with Crippen molar-refractivity contribution >= 4 is 16.9 Å². The number of nitrogens with zero attached hydrogens (tertiary/aromatic N) is 5. The molecule has 2 aromatic heterocycles. The fourth-order valence-electron chi connectivity index (χ4n) is 4.64. The smallest absolute Gasteiger partial charge is 0.183 e. The SMILES string of the molecule is Cc1c(C(=O)CC2CCN(Cc3ccccc3)CC2)cccc1-n1nnc2cccnc21. The summed E-state index contributed by atoms with van der Waals surface area (Å²) >= 11 is 0. The zero-order valence-corrected chi connectivity index (χ0v) is 18.3. The second-order valence-electron chi connectivity index (χ2n) is 8.63. The molecule has 32 heavy (non-hydrogen) atoms. The van der Waals surface area contributed by atoms with Crippen LogP contribution in [0.1, 0.15) is 40.7 Å². The lowest BCUT2D eigenvalue weighted by Gasteiger charge is -2.31. The third-order valence-corrected chi connectivity index (χ3v) is 6.47. The number of benzene rings is 2. The van der Waals surface area contributed by atoms with E-state index < -0.39 is 0 Å². The normalized spacial score (nSPS) is 15.3. The van der Waals surface area contributed by atoms with Gasteiger partial charge in [-0.3, -0.25) is 9.69 Å². The molecule has 4 aromatic rings. The minimum Gasteiger partial charge on any atom is -0.299 e. The molecular formula is C26H27N5O. The van der Waals surface area contributed by atoms with Crippen LogP contribution in [0.2, 0.25) is 0 Å². The molecule has 0 atom stereocenters. The molecular weight excluding hydrogens is 398 g/mol. The summed E-state index contributed by atoms with van der Waals surface area (Å²) in [6, 6.07) is 20.2. The third-order valence-electron chi connectivity index (χ3n) is 6.47. The Morgan fingerprint density at radius 3 is 2.62 bits per heavy atom. The van der Waals surface area contributed by atoms with E-state index in [1.54, 1.807) is 10.9 Å². The molecule has 0 amide bonds. The molecule has 0 saturated carbocycles. The first kappa shape index (κ1) is 20.5. The average Bonchev–Trinajstić information content (AvgIpc) is 3.25. The Morgan fingerprint density at radius 1 is 1.00 bits per heavy atom. The summed E-state index contributed by atoms with van der Waals surface area (Å²) in [6.07, 6.45) is 4.46. The van der Waals surface area contributed by atoms with E-state index in [1.165, 1.54) is 5.56 Å². The topological polar surface area (TPSA) is 63.9 Å². The highest BCUT2D eigenvalue weighted by molar-refractivity contribution is 5.98. The van der Waals surface area contributed by atoms with E-state index in [0.717, 1.165) is 54.8 Å². The van der Waals surface area contributed by atoms with E-state index in [2.05, 4.69) is 50.5 Å². The number of piperidine rings is 1. The Kier molecular flexibility index (Phi) is 5.77. The quantitative estimate of drug-likeness (QED) is 0.422. The van der Waals surface area contributed by atoms with Crippen LogP contribution >= 0.6 is 0 Å². The fourth-order valence-corrected chi connectivity index (χ4v) is 4.64. The van der Waals surface area contributed by atoms with Gasteiger partial charge in [0.2, 0.25) is 0 Å². The summed E-state index contributed by atoms with van der Waals surface area (Å²) < 4.78 is 1.73. The molecule has 2 aromatic carbocycles. The number of pyridine rings is 1. The Hall–Kier alpha value is -3.38. The molecule has 3 heterocycles. The number of aromatic nitrogens is 4. The Labute approximate surface area is 187 Å². The highest BCUT2D eigenvalue weighted by atomic mass is 16.1. The standard InChI is InChI=1S/C26H27N5O/c1-19-22(9-5-11-24(19)31-26-23(28-29-31)10-6-14-27-26)25(32)17-20-12-15-30(16-13-20)18-21-7-3-2-4-8-21/h2-11,14,20H,12-13,15-18H2,1H3. The number of hydrogen-bond acceptors (Lipinski definition) is 5. The molecule has 0 aliphatic carbocycles. The predicted molar refractivity (Wildman–Crippen MR) is 125 cm³/mol. The average molecular weight is 426 g/mol. The van der Waals surface area contributed by atoms with Crippen molar-refractivity contribution < 1.29 is 4.79 Å². The summed E-state index contributed by atoms with van der Waals surface area (Å²) in [5.41, 5.74) is 5.35. The number of carbonyl (C=O) groups excluding carboxylic acids is 1. The maximum absolute atomic E-state index is 13.2. The van der Waals surface area contributed by atoms with Gasteiger partial charge in [0.05, 0.1) is 5.69 Å². The van der Waals surface area contributed by atoms with Gasteiger partial charge in [0.15, 0.2) is 11.4 Å². The van der Waals surface area contributed by atoms with Crippen molar-refractivity contribution in [3.05, 3.63) is 83.6 Å². The number of ketones is 1. The first-order chi connectivity index (χ1) is 15.7. The van der Waals surface area contributed by atoms with Crippen LogP contribution < -0.4 is 0 Å². The third kappa shape index (κ3) is 4.18. The first-order valence-corrected chi connectivity index (χ1v) is 11.2. The van der Waals surface area contributed by atoms with Crippen molar-refractivity contribution in [2.24, 2.45) is 5.92 Å². The molecule has 6 heteroatoms. The monoisotopic (exact) mass is 425 g/mol. The molecule has 5 rings (SSSR count). The molecule has 1 fully saturated rings. The van der Waals surface area contributed by atoms with Gasteiger partial charge in [-0.15, -0.1) is 5.10 Å².